The van der Waals surface area contributed by atoms with E-state index in [2.05, 4.69) is 23.9 Å². The molecule has 2 rings (SSSR count). The van der Waals surface area contributed by atoms with Gasteiger partial charge < -0.3 is 0 Å². The molecule has 0 unspecified atom stereocenters. The van der Waals surface area contributed by atoms with Gasteiger partial charge >= 0.3 is 0 Å². The van der Waals surface area contributed by atoms with Crippen LogP contribution in [0.3, 0.4) is 0 Å². The number of nitrogens with zero attached hydrogens (tertiary/aromatic N) is 3. The number of hydrogen-bond acceptors (Lipinski definition) is 2. The van der Waals surface area contributed by atoms with Gasteiger partial charge in [-0.05, 0) is 25.8 Å². The molecule has 2 aromatic rings. The first kappa shape index (κ1) is 11.4. The number of rotatable bonds is 3. The fourth-order valence-electron chi connectivity index (χ4n) is 1.98. The molecule has 0 radical (unpaired) electrons. The second kappa shape index (κ2) is 4.42. The van der Waals surface area contributed by atoms with Gasteiger partial charge in [-0.1, -0.05) is 25.4 Å². The standard InChI is InChI=1S/C12H16ClN3/c1-4-9(5-2)10-7-12-14-8(3)6-11(13)16(12)15-10/h6-7,9H,4-5H2,1-3H3. The van der Waals surface area contributed by atoms with E-state index in [1.54, 1.807) is 4.52 Å². The molecule has 0 N–H and O–H groups in total. The van der Waals surface area contributed by atoms with Crippen molar-refractivity contribution >= 4 is 17.2 Å². The van der Waals surface area contributed by atoms with Gasteiger partial charge in [0.1, 0.15) is 5.15 Å². The van der Waals surface area contributed by atoms with Gasteiger partial charge in [0.2, 0.25) is 0 Å². The summed E-state index contributed by atoms with van der Waals surface area (Å²) >= 11 is 6.13. The molecule has 0 fully saturated rings. The van der Waals surface area contributed by atoms with E-state index in [0.29, 0.717) is 11.1 Å². The number of hydrogen-bond donors (Lipinski definition) is 0. The van der Waals surface area contributed by atoms with E-state index < -0.39 is 0 Å². The van der Waals surface area contributed by atoms with Crippen LogP contribution < -0.4 is 0 Å². The minimum absolute atomic E-state index is 0.498. The summed E-state index contributed by atoms with van der Waals surface area (Å²) in [6.45, 7) is 6.30. The van der Waals surface area contributed by atoms with Crippen LogP contribution >= 0.6 is 11.6 Å². The topological polar surface area (TPSA) is 30.2 Å². The minimum Gasteiger partial charge on any atom is -0.234 e. The zero-order chi connectivity index (χ0) is 11.7. The lowest BCUT2D eigenvalue weighted by molar-refractivity contribution is 0.616. The maximum atomic E-state index is 6.13. The predicted octanol–water partition coefficient (Wildman–Crippen LogP) is 3.59. The zero-order valence-electron chi connectivity index (χ0n) is 9.87. The van der Waals surface area contributed by atoms with E-state index in [9.17, 15) is 0 Å². The first-order valence-corrected chi connectivity index (χ1v) is 6.06. The fraction of sp³-hybridized carbons (Fsp3) is 0.500. The molecule has 0 aliphatic rings. The quantitative estimate of drug-likeness (QED) is 0.764. The van der Waals surface area contributed by atoms with Crippen LogP contribution in [-0.2, 0) is 0 Å². The Morgan fingerprint density at radius 3 is 2.62 bits per heavy atom. The average Bonchev–Trinajstić information content (AvgIpc) is 2.63. The summed E-state index contributed by atoms with van der Waals surface area (Å²) < 4.78 is 1.71. The third kappa shape index (κ3) is 1.92. The fourth-order valence-corrected chi connectivity index (χ4v) is 2.26. The second-order valence-electron chi connectivity index (χ2n) is 4.07. The average molecular weight is 238 g/mol. The van der Waals surface area contributed by atoms with E-state index in [1.807, 2.05) is 19.1 Å². The molecule has 0 spiro atoms. The predicted molar refractivity (Wildman–Crippen MR) is 66.1 cm³/mol. The molecule has 16 heavy (non-hydrogen) atoms. The summed E-state index contributed by atoms with van der Waals surface area (Å²) in [7, 11) is 0. The first-order chi connectivity index (χ1) is 7.65. The highest BCUT2D eigenvalue weighted by Crippen LogP contribution is 2.23. The van der Waals surface area contributed by atoms with Crippen molar-refractivity contribution in [2.45, 2.75) is 39.5 Å². The lowest BCUT2D eigenvalue weighted by atomic mass is 10.00. The van der Waals surface area contributed by atoms with Crippen LogP contribution in [0, 0.1) is 6.92 Å². The van der Waals surface area contributed by atoms with Crippen LogP contribution in [0.25, 0.3) is 5.65 Å². The highest BCUT2D eigenvalue weighted by molar-refractivity contribution is 6.29. The van der Waals surface area contributed by atoms with Gasteiger partial charge in [0.15, 0.2) is 5.65 Å². The SMILES string of the molecule is CCC(CC)c1cc2nc(C)cc(Cl)n2n1. The summed E-state index contributed by atoms with van der Waals surface area (Å²) in [6.07, 6.45) is 2.19. The van der Waals surface area contributed by atoms with E-state index in [1.165, 1.54) is 0 Å². The molecule has 0 amide bonds. The lowest BCUT2D eigenvalue weighted by Crippen LogP contribution is -1.98. The maximum Gasteiger partial charge on any atom is 0.157 e. The van der Waals surface area contributed by atoms with E-state index in [-0.39, 0.29) is 0 Å². The van der Waals surface area contributed by atoms with Gasteiger partial charge in [0.25, 0.3) is 0 Å². The van der Waals surface area contributed by atoms with Crippen LogP contribution in [0.15, 0.2) is 12.1 Å². The third-order valence-corrected chi connectivity index (χ3v) is 3.20. The molecule has 0 saturated heterocycles. The van der Waals surface area contributed by atoms with E-state index >= 15 is 0 Å². The molecule has 0 aromatic carbocycles. The van der Waals surface area contributed by atoms with Crippen LogP contribution in [0.2, 0.25) is 5.15 Å². The smallest absolute Gasteiger partial charge is 0.157 e. The first-order valence-electron chi connectivity index (χ1n) is 5.68. The van der Waals surface area contributed by atoms with Gasteiger partial charge in [0.05, 0.1) is 5.69 Å². The van der Waals surface area contributed by atoms with Crippen LogP contribution in [-0.4, -0.2) is 14.6 Å². The number of aryl methyl sites for hydroxylation is 1. The zero-order valence-corrected chi connectivity index (χ0v) is 10.6. The second-order valence-corrected chi connectivity index (χ2v) is 4.46. The molecule has 0 saturated carbocycles. The maximum absolute atomic E-state index is 6.13. The molecule has 0 aliphatic carbocycles. The Morgan fingerprint density at radius 1 is 1.31 bits per heavy atom. The number of fused-ring (bicyclic) bond motifs is 1. The lowest BCUT2D eigenvalue weighted by Gasteiger charge is -2.06. The summed E-state index contributed by atoms with van der Waals surface area (Å²) in [4.78, 5) is 4.42. The van der Waals surface area contributed by atoms with Crippen molar-refractivity contribution in [3.05, 3.63) is 28.7 Å². The van der Waals surface area contributed by atoms with E-state index in [4.69, 9.17) is 11.6 Å². The number of aromatic nitrogens is 3. The van der Waals surface area contributed by atoms with E-state index in [0.717, 1.165) is 29.9 Å². The van der Waals surface area contributed by atoms with Crippen molar-refractivity contribution < 1.29 is 0 Å². The van der Waals surface area contributed by atoms with Crippen LogP contribution in [0.4, 0.5) is 0 Å². The Kier molecular flexibility index (Phi) is 3.15. The Bertz CT molecular complexity index is 500. The largest absolute Gasteiger partial charge is 0.234 e. The van der Waals surface area contributed by atoms with Crippen LogP contribution in [0.5, 0.6) is 0 Å². The summed E-state index contributed by atoms with van der Waals surface area (Å²) in [5.41, 5.74) is 2.85. The van der Waals surface area contributed by atoms with Crippen molar-refractivity contribution in [3.63, 3.8) is 0 Å². The minimum atomic E-state index is 0.498. The van der Waals surface area contributed by atoms with Crippen molar-refractivity contribution in [2.75, 3.05) is 0 Å². The summed E-state index contributed by atoms with van der Waals surface area (Å²) in [6, 6.07) is 3.87. The molecular formula is C12H16ClN3. The highest BCUT2D eigenvalue weighted by Gasteiger charge is 2.13. The van der Waals surface area contributed by atoms with Crippen LogP contribution in [0.1, 0.15) is 44.0 Å². The molecule has 2 aromatic heterocycles. The van der Waals surface area contributed by atoms with Gasteiger partial charge in [0, 0.05) is 17.7 Å². The van der Waals surface area contributed by atoms with Crippen molar-refractivity contribution in [2.24, 2.45) is 0 Å². The Hall–Kier alpha value is -1.09. The molecule has 0 bridgehead atoms. The third-order valence-electron chi connectivity index (χ3n) is 2.93. The monoisotopic (exact) mass is 237 g/mol. The summed E-state index contributed by atoms with van der Waals surface area (Å²) in [5.74, 6) is 0.498. The molecule has 3 nitrogen and oxygen atoms in total. The normalized spacial score (nSPS) is 11.6. The highest BCUT2D eigenvalue weighted by atomic mass is 35.5. The molecule has 2 heterocycles. The number of halogens is 1. The molecular weight excluding hydrogens is 222 g/mol. The van der Waals surface area contributed by atoms with Crippen molar-refractivity contribution in [1.29, 1.82) is 0 Å². The Morgan fingerprint density at radius 2 is 2.00 bits per heavy atom. The molecule has 0 atom stereocenters. The van der Waals surface area contributed by atoms with Crippen molar-refractivity contribution in [3.8, 4) is 0 Å². The Labute approximate surface area is 100 Å². The molecule has 86 valence electrons. The summed E-state index contributed by atoms with van der Waals surface area (Å²) in [5, 5.41) is 5.14. The van der Waals surface area contributed by atoms with Gasteiger partial charge in [-0.15, -0.1) is 0 Å². The Balaban J connectivity index is 2.55. The molecule has 0 aliphatic heterocycles. The van der Waals surface area contributed by atoms with Crippen molar-refractivity contribution in [1.82, 2.24) is 14.6 Å². The van der Waals surface area contributed by atoms with Gasteiger partial charge in [-0.2, -0.15) is 5.10 Å². The van der Waals surface area contributed by atoms with Gasteiger partial charge in [-0.3, -0.25) is 0 Å². The van der Waals surface area contributed by atoms with Gasteiger partial charge in [-0.25, -0.2) is 9.50 Å². The molecule has 4 heteroatoms.